The van der Waals surface area contributed by atoms with Crippen LogP contribution < -0.4 is 58.6 Å². The number of pyridine rings is 5. The van der Waals surface area contributed by atoms with Crippen molar-refractivity contribution in [3.05, 3.63) is 266 Å². The van der Waals surface area contributed by atoms with Crippen LogP contribution in [0, 0.1) is 0 Å². The van der Waals surface area contributed by atoms with Crippen LogP contribution in [0.15, 0.2) is 213 Å². The zero-order valence-electron chi connectivity index (χ0n) is 73.2. The Kier molecular flexibility index (Phi) is 38.2. The van der Waals surface area contributed by atoms with Crippen molar-refractivity contribution in [3.8, 4) is 0 Å². The van der Waals surface area contributed by atoms with E-state index in [0.717, 1.165) is 117 Å². The largest absolute Gasteiger partial charge is 0.395 e. The summed E-state index contributed by atoms with van der Waals surface area (Å²) in [6.45, 7) is 20.5. The van der Waals surface area contributed by atoms with Gasteiger partial charge in [-0.2, -0.15) is 0 Å². The van der Waals surface area contributed by atoms with Gasteiger partial charge in [0, 0.05) is 179 Å². The normalized spacial score (nSPS) is 16.3. The van der Waals surface area contributed by atoms with Crippen molar-refractivity contribution in [2.75, 3.05) is 165 Å². The van der Waals surface area contributed by atoms with Crippen molar-refractivity contribution < 1.29 is 39.3 Å². The van der Waals surface area contributed by atoms with Crippen LogP contribution in [0.3, 0.4) is 0 Å². The number of aliphatic hydroxyl groups excluding tert-OH is 3. The van der Waals surface area contributed by atoms with Gasteiger partial charge in [0.05, 0.1) is 47.6 Å². The van der Waals surface area contributed by atoms with E-state index in [4.69, 9.17) is 68.2 Å². The van der Waals surface area contributed by atoms with Gasteiger partial charge in [-0.1, -0.05) is 88.3 Å². The van der Waals surface area contributed by atoms with Crippen LogP contribution in [0.2, 0.25) is 25.1 Å². The molecule has 5 aliphatic rings. The Morgan fingerprint density at radius 3 is 0.946 bits per heavy atom. The number of piperidine rings is 4. The molecule has 14 N–H and O–H groups in total. The van der Waals surface area contributed by atoms with Crippen molar-refractivity contribution in [1.29, 1.82) is 0 Å². The molecular formula is C95H116Cl5N21O8. The monoisotopic (exact) mass is 1850 g/mol. The van der Waals surface area contributed by atoms with E-state index in [2.05, 4.69) is 138 Å². The lowest BCUT2D eigenvalue weighted by Crippen LogP contribution is -2.63. The summed E-state index contributed by atoms with van der Waals surface area (Å²) in [6.07, 6.45) is 16.2. The van der Waals surface area contributed by atoms with Gasteiger partial charge in [0.15, 0.2) is 5.82 Å². The van der Waals surface area contributed by atoms with Crippen LogP contribution in [-0.2, 0) is 0 Å². The summed E-state index contributed by atoms with van der Waals surface area (Å²) in [5.41, 5.74) is 8.83. The fourth-order valence-electron chi connectivity index (χ4n) is 16.1. The summed E-state index contributed by atoms with van der Waals surface area (Å²) in [6, 6.07) is 54.0. The zero-order chi connectivity index (χ0) is 91.7. The molecule has 0 bridgehead atoms. The van der Waals surface area contributed by atoms with Crippen molar-refractivity contribution in [3.63, 3.8) is 0 Å². The maximum atomic E-state index is 12.9. The van der Waals surface area contributed by atoms with Gasteiger partial charge in [0.25, 0.3) is 29.5 Å². The molecule has 0 spiro atoms. The first-order valence-electron chi connectivity index (χ1n) is 43.4. The highest BCUT2D eigenvalue weighted by Gasteiger charge is 2.45. The predicted octanol–water partition coefficient (Wildman–Crippen LogP) is 15.8. The highest BCUT2D eigenvalue weighted by atomic mass is 35.5. The number of carbonyl (C=O) groups excluding carboxylic acids is 5. The number of carbonyl (C=O) groups is 5. The Bertz CT molecular complexity index is 5140. The molecule has 29 nitrogen and oxygen atoms in total. The number of benzene rings is 5. The number of hydrazine groups is 1. The number of hydrogen-bond acceptors (Lipinski definition) is 24. The summed E-state index contributed by atoms with van der Waals surface area (Å²) in [4.78, 5) is 94.3. The molecule has 5 amide bonds. The van der Waals surface area contributed by atoms with Crippen LogP contribution in [0.4, 0.5) is 57.5 Å². The molecule has 5 saturated heterocycles. The smallest absolute Gasteiger partial charge is 0.259 e. The summed E-state index contributed by atoms with van der Waals surface area (Å²) in [5.74, 6) is 1.84. The number of halogens is 5. The Morgan fingerprint density at radius 2 is 0.636 bits per heavy atom. The second-order valence-corrected chi connectivity index (χ2v) is 35.3. The maximum absolute atomic E-state index is 12.9. The number of nitrogens with one attached hydrogen (secondary N) is 11. The van der Waals surface area contributed by atoms with Crippen LogP contribution in [-0.4, -0.2) is 242 Å². The van der Waals surface area contributed by atoms with Crippen LogP contribution in [0.25, 0.3) is 0 Å². The summed E-state index contributed by atoms with van der Waals surface area (Å²) >= 11 is 29.9. The number of aromatic nitrogens is 5. The molecule has 10 aromatic rings. The van der Waals surface area contributed by atoms with Crippen molar-refractivity contribution in [1.82, 2.24) is 54.8 Å². The van der Waals surface area contributed by atoms with E-state index in [9.17, 15) is 29.1 Å². The van der Waals surface area contributed by atoms with E-state index >= 15 is 0 Å². The van der Waals surface area contributed by atoms with Gasteiger partial charge in [0.1, 0.15) is 23.3 Å². The number of anilines is 10. The standard InChI is InChI=1S/C23H31ClN4O2.C19H23ClN4O2.C18H22ClN5O2.C18H21ClN4O.C17H19ClN4O/c1-22(2)14-18(15-23(3,4)28(22)11-12-29)26-20-19(9-6-10-25-20)21(30)27-17-8-5-7-16(24)13-17;20-14-3-1-4-16(13-14)23-19(26)17-5-2-8-21-18(17)22-15-6-9-24(10-7-15)11-12-25;19-14-3-1-4-15(13-14)21-18(26)16-5-2-6-20-17(16)22-24-9-7-23(8-10-24)11-12-25;1-23-10-7-14(8-11-23)21-17-16(6-3-9-20-17)18(24)22-15-5-2-4-13(19)12-15;18-12-3-1-4-14(11-12)22-17(23)15-5-2-8-20-16(15)21-13-6-9-19-10-7-13/h5-10,13,18,29H,11-12,14-15H2,1-4H3,(H,25,26)(H,27,30);1-5,8,13,15,25H,6-7,9-12H2,(H,21,22)(H,23,26);1-6,13,25H,7-12H2,(H,20,22)(H,21,26);2-6,9,12,14H,7-8,10-11H2,1H3,(H,20,21)(H,22,24);1-5,8,11,13,19H,6-7,9-10H2,(H,20,21)(H,22,23). The third-order valence-electron chi connectivity index (χ3n) is 22.4. The zero-order valence-corrected chi connectivity index (χ0v) is 77.0. The predicted molar refractivity (Wildman–Crippen MR) is 519 cm³/mol. The van der Waals surface area contributed by atoms with Gasteiger partial charge in [-0.25, -0.2) is 29.9 Å². The van der Waals surface area contributed by atoms with E-state index in [-0.39, 0.29) is 72.5 Å². The molecule has 0 atom stereocenters. The molecule has 5 aromatic heterocycles. The molecule has 0 aliphatic carbocycles. The molecule has 0 radical (unpaired) electrons. The Balaban J connectivity index is 0.000000156. The molecule has 0 saturated carbocycles. The number of piperazine rings is 1. The van der Waals surface area contributed by atoms with Crippen LogP contribution >= 0.6 is 58.0 Å². The lowest BCUT2D eigenvalue weighted by molar-refractivity contribution is -0.0407. The minimum Gasteiger partial charge on any atom is -0.395 e. The minimum atomic E-state index is -0.248. The highest BCUT2D eigenvalue weighted by Crippen LogP contribution is 2.40. The van der Waals surface area contributed by atoms with Crippen LogP contribution in [0.1, 0.15) is 131 Å². The third kappa shape index (κ3) is 31.3. The summed E-state index contributed by atoms with van der Waals surface area (Å²) in [5, 5.41) is 63.8. The quantitative estimate of drug-likeness (QED) is 0.0239. The third-order valence-corrected chi connectivity index (χ3v) is 23.6. The van der Waals surface area contributed by atoms with Gasteiger partial charge in [-0.3, -0.25) is 33.8 Å². The van der Waals surface area contributed by atoms with E-state index < -0.39 is 0 Å². The number of likely N-dealkylation sites (tertiary alicyclic amines) is 3. The van der Waals surface area contributed by atoms with Crippen molar-refractivity contribution in [2.45, 2.75) is 114 Å². The van der Waals surface area contributed by atoms with Crippen molar-refractivity contribution in [2.24, 2.45) is 0 Å². The fourth-order valence-corrected chi connectivity index (χ4v) is 17.1. The minimum absolute atomic E-state index is 0.0971. The number of amides is 5. The first-order valence-corrected chi connectivity index (χ1v) is 45.3. The summed E-state index contributed by atoms with van der Waals surface area (Å²) in [7, 11) is 2.13. The van der Waals surface area contributed by atoms with Crippen LogP contribution in [0.5, 0.6) is 0 Å². The Hall–Kier alpha value is -10.7. The van der Waals surface area contributed by atoms with Gasteiger partial charge < -0.3 is 83.7 Å². The van der Waals surface area contributed by atoms with E-state index in [1.807, 2.05) is 11.1 Å². The Morgan fingerprint density at radius 1 is 0.357 bits per heavy atom. The molecule has 5 aromatic carbocycles. The first-order chi connectivity index (χ1) is 62.3. The van der Waals surface area contributed by atoms with Crippen molar-refractivity contribution >= 4 is 145 Å². The van der Waals surface area contributed by atoms with E-state index in [1.54, 1.807) is 207 Å². The lowest BCUT2D eigenvalue weighted by Gasteiger charge is -2.55. The average molecular weight is 1860 g/mol. The van der Waals surface area contributed by atoms with Gasteiger partial charge in [-0.15, -0.1) is 0 Å². The first kappa shape index (κ1) is 98.9. The van der Waals surface area contributed by atoms with Gasteiger partial charge in [0.2, 0.25) is 0 Å². The second kappa shape index (κ2) is 49.9. The molecule has 10 heterocycles. The average Bonchev–Trinajstić information content (AvgIpc) is 0.769. The molecule has 34 heteroatoms. The van der Waals surface area contributed by atoms with E-state index in [0.29, 0.717) is 142 Å². The number of nitrogens with zero attached hydrogens (tertiary/aromatic N) is 10. The molecule has 15 rings (SSSR count). The molecule has 5 aliphatic heterocycles. The maximum Gasteiger partial charge on any atom is 0.259 e. The molecular weight excluding hydrogens is 1740 g/mol. The van der Waals surface area contributed by atoms with Gasteiger partial charge in [-0.05, 0) is 264 Å². The van der Waals surface area contributed by atoms with Gasteiger partial charge >= 0.3 is 0 Å². The Labute approximate surface area is 779 Å². The number of hydrogen-bond donors (Lipinski definition) is 14. The molecule has 684 valence electrons. The topological polar surface area (TPSA) is 359 Å². The summed E-state index contributed by atoms with van der Waals surface area (Å²) < 4.78 is 0. The molecule has 0 unspecified atom stereocenters. The SMILES string of the molecule is CC1(C)CC(Nc2ncccc2C(=O)Nc2cccc(Cl)c2)CC(C)(C)N1CCO.CN1CCC(Nc2ncccc2C(=O)Nc2cccc(Cl)c2)CC1.O=C(Nc1cccc(Cl)c1)c1cccnc1NC1CCN(CCO)CC1.O=C(Nc1cccc(Cl)c1)c1cccnc1NC1CCNCC1.O=C(Nc1cccc(Cl)c1)c1cccnc1NN1CCN(CCO)CC1. The number of rotatable bonds is 26. The molecule has 129 heavy (non-hydrogen) atoms. The number of β-amino-alcohol motifs (C(OH)–C–C–N with tert-alkyl or cyclic N) is 3. The molecule has 5 fully saturated rings. The lowest BCUT2D eigenvalue weighted by atomic mass is 9.77. The fraction of sp³-hybridized carbons (Fsp3) is 0.368. The highest BCUT2D eigenvalue weighted by molar-refractivity contribution is 6.32. The number of aliphatic hydroxyl groups is 3. The van der Waals surface area contributed by atoms with E-state index in [1.165, 1.54) is 0 Å². The second-order valence-electron chi connectivity index (χ2n) is 33.1.